The van der Waals surface area contributed by atoms with Gasteiger partial charge in [0.25, 0.3) is 5.91 Å². The van der Waals surface area contributed by atoms with Crippen LogP contribution in [0.25, 0.3) is 0 Å². The van der Waals surface area contributed by atoms with Gasteiger partial charge in [0.15, 0.2) is 11.5 Å². The summed E-state index contributed by atoms with van der Waals surface area (Å²) in [6, 6.07) is 11.1. The third kappa shape index (κ3) is 7.24. The van der Waals surface area contributed by atoms with Crippen molar-refractivity contribution in [3.05, 3.63) is 59.2 Å². The van der Waals surface area contributed by atoms with Crippen molar-refractivity contribution < 1.29 is 27.8 Å². The van der Waals surface area contributed by atoms with Crippen molar-refractivity contribution >= 4 is 11.8 Å². The summed E-state index contributed by atoms with van der Waals surface area (Å²) < 4.78 is 34.6. The molecule has 8 heteroatoms. The van der Waals surface area contributed by atoms with Gasteiger partial charge in [-0.3, -0.25) is 9.59 Å². The van der Waals surface area contributed by atoms with Gasteiger partial charge in [-0.15, -0.1) is 0 Å². The molecule has 2 amide bonds. The smallest absolute Gasteiger partial charge is 0.387 e. The van der Waals surface area contributed by atoms with Crippen molar-refractivity contribution in [2.45, 2.75) is 39.8 Å². The molecule has 0 aromatic heterocycles. The molecule has 2 rings (SSSR count). The van der Waals surface area contributed by atoms with Crippen LogP contribution >= 0.6 is 0 Å². The van der Waals surface area contributed by atoms with Crippen LogP contribution in [0.4, 0.5) is 8.78 Å². The number of halogens is 2. The first-order valence-corrected chi connectivity index (χ1v) is 9.98. The summed E-state index contributed by atoms with van der Waals surface area (Å²) in [5.41, 5.74) is 2.21. The molecule has 2 aromatic carbocycles. The summed E-state index contributed by atoms with van der Waals surface area (Å²) in [7, 11) is 1.37. The van der Waals surface area contributed by atoms with E-state index < -0.39 is 12.7 Å². The predicted molar refractivity (Wildman–Crippen MR) is 114 cm³/mol. The van der Waals surface area contributed by atoms with Gasteiger partial charge >= 0.3 is 6.61 Å². The molecule has 0 aliphatic heterocycles. The van der Waals surface area contributed by atoms with E-state index in [1.54, 1.807) is 18.2 Å². The van der Waals surface area contributed by atoms with E-state index in [-0.39, 0.29) is 35.8 Å². The molecule has 0 saturated heterocycles. The van der Waals surface area contributed by atoms with E-state index in [4.69, 9.17) is 4.74 Å². The lowest BCUT2D eigenvalue weighted by atomic mass is 10.0. The van der Waals surface area contributed by atoms with Crippen molar-refractivity contribution in [2.75, 3.05) is 13.7 Å². The normalized spacial score (nSPS) is 11.9. The van der Waals surface area contributed by atoms with Gasteiger partial charge in [0.2, 0.25) is 5.91 Å². The molecule has 0 aliphatic rings. The molecule has 1 unspecified atom stereocenters. The Hall–Kier alpha value is -3.16. The number of hydrogen-bond acceptors (Lipinski definition) is 4. The predicted octanol–water partition coefficient (Wildman–Crippen LogP) is 3.72. The number of hydrogen-bond donors (Lipinski definition) is 2. The molecule has 2 aromatic rings. The number of rotatable bonds is 10. The van der Waals surface area contributed by atoms with Crippen molar-refractivity contribution in [1.29, 1.82) is 0 Å². The minimum Gasteiger partial charge on any atom is -0.493 e. The number of carbonyl (C=O) groups excluding carboxylic acids is 2. The number of ether oxygens (including phenoxy) is 2. The highest BCUT2D eigenvalue weighted by molar-refractivity contribution is 5.97. The van der Waals surface area contributed by atoms with Gasteiger partial charge in [0, 0.05) is 12.1 Å². The van der Waals surface area contributed by atoms with Crippen LogP contribution in [-0.4, -0.2) is 38.1 Å². The van der Waals surface area contributed by atoms with Crippen LogP contribution < -0.4 is 20.1 Å². The molecule has 0 saturated carbocycles. The van der Waals surface area contributed by atoms with Crippen LogP contribution in [-0.2, 0) is 11.2 Å². The zero-order chi connectivity index (χ0) is 23.0. The second-order valence-corrected chi connectivity index (χ2v) is 7.47. The van der Waals surface area contributed by atoms with Gasteiger partial charge in [-0.1, -0.05) is 37.6 Å². The van der Waals surface area contributed by atoms with Gasteiger partial charge in [-0.25, -0.2) is 0 Å². The molecule has 0 bridgehead atoms. The Morgan fingerprint density at radius 3 is 2.29 bits per heavy atom. The van der Waals surface area contributed by atoms with Crippen molar-refractivity contribution in [2.24, 2.45) is 5.92 Å². The maximum Gasteiger partial charge on any atom is 0.387 e. The van der Waals surface area contributed by atoms with Gasteiger partial charge in [0.05, 0.1) is 7.11 Å². The molecular formula is C23H28F2N2O4. The first-order valence-electron chi connectivity index (χ1n) is 9.98. The largest absolute Gasteiger partial charge is 0.493 e. The molecule has 0 heterocycles. The number of nitrogens with one attached hydrogen (secondary N) is 2. The van der Waals surface area contributed by atoms with Crippen molar-refractivity contribution in [1.82, 2.24) is 10.6 Å². The van der Waals surface area contributed by atoms with E-state index in [2.05, 4.69) is 15.4 Å². The van der Waals surface area contributed by atoms with Crippen LogP contribution in [0.1, 0.15) is 35.3 Å². The Kier molecular flexibility index (Phi) is 8.78. The Labute approximate surface area is 180 Å². The summed E-state index contributed by atoms with van der Waals surface area (Å²) in [6.07, 6.45) is 0.395. The highest BCUT2D eigenvalue weighted by Crippen LogP contribution is 2.29. The molecule has 168 valence electrons. The summed E-state index contributed by atoms with van der Waals surface area (Å²) in [6.45, 7) is 2.92. The molecule has 2 N–H and O–H groups in total. The maximum atomic E-state index is 12.6. The van der Waals surface area contributed by atoms with Crippen LogP contribution in [0.3, 0.4) is 0 Å². The SMILES string of the molecule is COc1ccc(CCNC(=O)C(NC(=O)c2ccc(C)cc2)C(C)C)cc1OC(F)F. The lowest BCUT2D eigenvalue weighted by Crippen LogP contribution is -2.50. The highest BCUT2D eigenvalue weighted by atomic mass is 19.3. The van der Waals surface area contributed by atoms with Crippen LogP contribution in [0.5, 0.6) is 11.5 Å². The summed E-state index contributed by atoms with van der Waals surface area (Å²) in [4.78, 5) is 25.1. The Bertz CT molecular complexity index is 886. The first-order chi connectivity index (χ1) is 14.7. The van der Waals surface area contributed by atoms with E-state index in [0.717, 1.165) is 5.56 Å². The Balaban J connectivity index is 1.96. The third-order valence-electron chi connectivity index (χ3n) is 4.71. The quantitative estimate of drug-likeness (QED) is 0.598. The minimum absolute atomic E-state index is 0.0632. The lowest BCUT2D eigenvalue weighted by Gasteiger charge is -2.22. The maximum absolute atomic E-state index is 12.6. The topological polar surface area (TPSA) is 76.7 Å². The summed E-state index contributed by atoms with van der Waals surface area (Å²) >= 11 is 0. The van der Waals surface area contributed by atoms with E-state index >= 15 is 0 Å². The van der Waals surface area contributed by atoms with Gasteiger partial charge in [-0.2, -0.15) is 8.78 Å². The van der Waals surface area contributed by atoms with Gasteiger partial charge in [-0.05, 0) is 49.1 Å². The first kappa shape index (κ1) is 24.1. The molecule has 0 aliphatic carbocycles. The van der Waals surface area contributed by atoms with Crippen molar-refractivity contribution in [3.8, 4) is 11.5 Å². The Morgan fingerprint density at radius 1 is 1.03 bits per heavy atom. The van der Waals surface area contributed by atoms with Crippen LogP contribution in [0, 0.1) is 12.8 Å². The third-order valence-corrected chi connectivity index (χ3v) is 4.71. The average molecular weight is 434 g/mol. The molecule has 0 spiro atoms. The molecule has 0 radical (unpaired) electrons. The second-order valence-electron chi connectivity index (χ2n) is 7.47. The van der Waals surface area contributed by atoms with Crippen molar-refractivity contribution in [3.63, 3.8) is 0 Å². The second kappa shape index (κ2) is 11.3. The van der Waals surface area contributed by atoms with Crippen LogP contribution in [0.2, 0.25) is 0 Å². The van der Waals surface area contributed by atoms with E-state index in [1.165, 1.54) is 19.2 Å². The summed E-state index contributed by atoms with van der Waals surface area (Å²) in [5.74, 6) is -0.620. The van der Waals surface area contributed by atoms with E-state index in [9.17, 15) is 18.4 Å². The number of amides is 2. The number of alkyl halides is 2. The lowest BCUT2D eigenvalue weighted by molar-refractivity contribution is -0.123. The van der Waals surface area contributed by atoms with Crippen LogP contribution in [0.15, 0.2) is 42.5 Å². The fourth-order valence-electron chi connectivity index (χ4n) is 2.97. The van der Waals surface area contributed by atoms with E-state index in [0.29, 0.717) is 17.5 Å². The number of methoxy groups -OCH3 is 1. The molecule has 1 atom stereocenters. The molecule has 31 heavy (non-hydrogen) atoms. The number of carbonyl (C=O) groups is 2. The zero-order valence-electron chi connectivity index (χ0n) is 18.1. The monoisotopic (exact) mass is 434 g/mol. The minimum atomic E-state index is -2.97. The van der Waals surface area contributed by atoms with E-state index in [1.807, 2.05) is 32.9 Å². The fraction of sp³-hybridized carbons (Fsp3) is 0.391. The summed E-state index contributed by atoms with van der Waals surface area (Å²) in [5, 5.41) is 5.57. The zero-order valence-corrected chi connectivity index (χ0v) is 18.1. The molecule has 0 fully saturated rings. The standard InChI is InChI=1S/C23H28F2N2O4/c1-14(2)20(27-21(28)17-8-5-15(3)6-9-17)22(29)26-12-11-16-7-10-18(30-4)19(13-16)31-23(24)25/h5-10,13-14,20,23H,11-12H2,1-4H3,(H,26,29)(H,27,28). The fourth-order valence-corrected chi connectivity index (χ4v) is 2.97. The Morgan fingerprint density at radius 2 is 1.71 bits per heavy atom. The molecular weight excluding hydrogens is 406 g/mol. The van der Waals surface area contributed by atoms with Gasteiger partial charge in [0.1, 0.15) is 6.04 Å². The van der Waals surface area contributed by atoms with Gasteiger partial charge < -0.3 is 20.1 Å². The number of aryl methyl sites for hydroxylation is 1. The average Bonchev–Trinajstić information content (AvgIpc) is 2.71. The highest BCUT2D eigenvalue weighted by Gasteiger charge is 2.24. The molecule has 6 nitrogen and oxygen atoms in total. The number of benzene rings is 2.